The molecule has 0 saturated heterocycles. The average molecular weight is 366 g/mol. The Balaban J connectivity index is 1.73. The van der Waals surface area contributed by atoms with Crippen molar-refractivity contribution in [2.24, 2.45) is 0 Å². The molecule has 2 N–H and O–H groups in total. The molecule has 0 aromatic heterocycles. The number of phenolic OH excluding ortho intramolecular Hbond substituents is 2. The molecule has 0 amide bonds. The van der Waals surface area contributed by atoms with Crippen LogP contribution in [0, 0.1) is 0 Å². The first kappa shape index (κ1) is 18.3. The van der Waals surface area contributed by atoms with Crippen molar-refractivity contribution in [3.63, 3.8) is 0 Å². The maximum Gasteiger partial charge on any atom is 0.342 e. The first-order valence-electron chi connectivity index (χ1n) is 8.38. The van der Waals surface area contributed by atoms with Gasteiger partial charge in [-0.05, 0) is 37.3 Å². The van der Waals surface area contributed by atoms with Gasteiger partial charge in [0.25, 0.3) is 0 Å². The van der Waals surface area contributed by atoms with Gasteiger partial charge in [0, 0.05) is 16.3 Å². The smallest absolute Gasteiger partial charge is 0.342 e. The van der Waals surface area contributed by atoms with Gasteiger partial charge in [0.2, 0.25) is 0 Å². The molecule has 0 radical (unpaired) electrons. The molecule has 0 saturated carbocycles. The van der Waals surface area contributed by atoms with Crippen molar-refractivity contribution in [2.45, 2.75) is 6.92 Å². The molecule has 6 nitrogen and oxygen atoms in total. The SMILES string of the molecule is CCOc1ccc(C(=O)COC(=O)c2cc(O)c3ccccc3c2O)cc1. The third-order valence-electron chi connectivity index (χ3n) is 4.04. The second-order valence-electron chi connectivity index (χ2n) is 5.79. The summed E-state index contributed by atoms with van der Waals surface area (Å²) < 4.78 is 10.3. The number of rotatable bonds is 6. The zero-order valence-corrected chi connectivity index (χ0v) is 14.6. The number of aromatic hydroxyl groups is 2. The Morgan fingerprint density at radius 2 is 1.63 bits per heavy atom. The predicted octanol–water partition coefficient (Wildman–Crippen LogP) is 3.69. The molecule has 0 aliphatic carbocycles. The number of ketones is 1. The summed E-state index contributed by atoms with van der Waals surface area (Å²) in [6, 6.07) is 14.2. The van der Waals surface area contributed by atoms with Crippen LogP contribution >= 0.6 is 0 Å². The van der Waals surface area contributed by atoms with Crippen LogP contribution < -0.4 is 4.74 Å². The van der Waals surface area contributed by atoms with Gasteiger partial charge in [-0.15, -0.1) is 0 Å². The van der Waals surface area contributed by atoms with E-state index in [4.69, 9.17) is 9.47 Å². The van der Waals surface area contributed by atoms with E-state index >= 15 is 0 Å². The van der Waals surface area contributed by atoms with Crippen LogP contribution in [0.25, 0.3) is 10.8 Å². The van der Waals surface area contributed by atoms with E-state index in [2.05, 4.69) is 0 Å². The first-order valence-corrected chi connectivity index (χ1v) is 8.38. The van der Waals surface area contributed by atoms with E-state index in [-0.39, 0.29) is 17.1 Å². The van der Waals surface area contributed by atoms with Crippen LogP contribution in [0.2, 0.25) is 0 Å². The lowest BCUT2D eigenvalue weighted by Gasteiger charge is -2.10. The standard InChI is InChI=1S/C21H18O6/c1-2-26-14-9-7-13(8-10-14)19(23)12-27-21(25)17-11-18(22)15-5-3-4-6-16(15)20(17)24/h3-11,22,24H,2,12H2,1H3. The Bertz CT molecular complexity index is 991. The number of fused-ring (bicyclic) bond motifs is 1. The van der Waals surface area contributed by atoms with Crippen molar-refractivity contribution >= 4 is 22.5 Å². The number of esters is 1. The minimum atomic E-state index is -0.896. The number of hydrogen-bond donors (Lipinski definition) is 2. The lowest BCUT2D eigenvalue weighted by atomic mass is 10.0. The lowest BCUT2D eigenvalue weighted by Crippen LogP contribution is -2.14. The van der Waals surface area contributed by atoms with Gasteiger partial charge in [-0.2, -0.15) is 0 Å². The molecule has 6 heteroatoms. The Kier molecular flexibility index (Phi) is 5.26. The monoisotopic (exact) mass is 366 g/mol. The van der Waals surface area contributed by atoms with Gasteiger partial charge in [-0.1, -0.05) is 24.3 Å². The molecule has 0 bridgehead atoms. The van der Waals surface area contributed by atoms with E-state index in [1.807, 2.05) is 6.92 Å². The maximum absolute atomic E-state index is 12.3. The highest BCUT2D eigenvalue weighted by Crippen LogP contribution is 2.35. The quantitative estimate of drug-likeness (QED) is 0.393. The number of phenols is 2. The van der Waals surface area contributed by atoms with E-state index in [1.54, 1.807) is 48.5 Å². The van der Waals surface area contributed by atoms with Crippen LogP contribution in [-0.2, 0) is 4.74 Å². The fraction of sp³-hybridized carbons (Fsp3) is 0.143. The summed E-state index contributed by atoms with van der Waals surface area (Å²) in [4.78, 5) is 24.5. The minimum absolute atomic E-state index is 0.159. The van der Waals surface area contributed by atoms with E-state index < -0.39 is 18.4 Å². The van der Waals surface area contributed by atoms with Gasteiger partial charge in [-0.3, -0.25) is 4.79 Å². The second kappa shape index (κ2) is 7.78. The molecule has 138 valence electrons. The van der Waals surface area contributed by atoms with Gasteiger partial charge in [-0.25, -0.2) is 4.79 Å². The predicted molar refractivity (Wildman–Crippen MR) is 99.5 cm³/mol. The van der Waals surface area contributed by atoms with Crippen molar-refractivity contribution in [1.82, 2.24) is 0 Å². The van der Waals surface area contributed by atoms with Gasteiger partial charge in [0.1, 0.15) is 22.8 Å². The maximum atomic E-state index is 12.3. The molecule has 0 unspecified atom stereocenters. The highest BCUT2D eigenvalue weighted by molar-refractivity contribution is 6.05. The molecular formula is C21H18O6. The molecule has 3 aromatic carbocycles. The van der Waals surface area contributed by atoms with Crippen LogP contribution in [0.5, 0.6) is 17.2 Å². The molecule has 27 heavy (non-hydrogen) atoms. The normalized spacial score (nSPS) is 10.6. The molecule has 0 aliphatic heterocycles. The van der Waals surface area contributed by atoms with Crippen LogP contribution in [0.15, 0.2) is 54.6 Å². The number of carbonyl (C=O) groups is 2. The third-order valence-corrected chi connectivity index (χ3v) is 4.04. The van der Waals surface area contributed by atoms with Crippen LogP contribution in [-0.4, -0.2) is 35.2 Å². The second-order valence-corrected chi connectivity index (χ2v) is 5.79. The van der Waals surface area contributed by atoms with E-state index in [0.717, 1.165) is 6.07 Å². The van der Waals surface area contributed by atoms with Crippen molar-refractivity contribution in [1.29, 1.82) is 0 Å². The van der Waals surface area contributed by atoms with Crippen molar-refractivity contribution in [2.75, 3.05) is 13.2 Å². The molecule has 0 aliphatic rings. The minimum Gasteiger partial charge on any atom is -0.507 e. The fourth-order valence-electron chi connectivity index (χ4n) is 2.69. The number of hydrogen-bond acceptors (Lipinski definition) is 6. The van der Waals surface area contributed by atoms with E-state index in [1.165, 1.54) is 0 Å². The van der Waals surface area contributed by atoms with E-state index in [9.17, 15) is 19.8 Å². The molecule has 0 fully saturated rings. The Hall–Kier alpha value is -3.54. The first-order chi connectivity index (χ1) is 13.0. The summed E-state index contributed by atoms with van der Waals surface area (Å²) in [7, 11) is 0. The average Bonchev–Trinajstić information content (AvgIpc) is 2.69. The number of benzene rings is 3. The van der Waals surface area contributed by atoms with Gasteiger partial charge in [0.05, 0.1) is 6.61 Å². The molecule has 3 aromatic rings. The van der Waals surface area contributed by atoms with Crippen molar-refractivity contribution in [3.05, 3.63) is 65.7 Å². The third kappa shape index (κ3) is 3.84. The highest BCUT2D eigenvalue weighted by atomic mass is 16.5. The van der Waals surface area contributed by atoms with E-state index in [0.29, 0.717) is 28.7 Å². The molecule has 3 rings (SSSR count). The van der Waals surface area contributed by atoms with Gasteiger partial charge >= 0.3 is 5.97 Å². The summed E-state index contributed by atoms with van der Waals surface area (Å²) in [6.07, 6.45) is 0. The molecule has 0 heterocycles. The summed E-state index contributed by atoms with van der Waals surface area (Å²) in [5.74, 6) is -1.11. The lowest BCUT2D eigenvalue weighted by molar-refractivity contribution is 0.0471. The summed E-state index contributed by atoms with van der Waals surface area (Å²) >= 11 is 0. The molecular weight excluding hydrogens is 348 g/mol. The fourth-order valence-corrected chi connectivity index (χ4v) is 2.69. The van der Waals surface area contributed by atoms with Crippen LogP contribution in [0.3, 0.4) is 0 Å². The van der Waals surface area contributed by atoms with Crippen LogP contribution in [0.1, 0.15) is 27.6 Å². The zero-order chi connectivity index (χ0) is 19.4. The summed E-state index contributed by atoms with van der Waals surface area (Å²) in [5, 5.41) is 21.1. The van der Waals surface area contributed by atoms with Crippen LogP contribution in [0.4, 0.5) is 0 Å². The van der Waals surface area contributed by atoms with Crippen molar-refractivity contribution in [3.8, 4) is 17.2 Å². The molecule has 0 spiro atoms. The summed E-state index contributed by atoms with van der Waals surface area (Å²) in [5.41, 5.74) is 0.169. The molecule has 0 atom stereocenters. The largest absolute Gasteiger partial charge is 0.507 e. The van der Waals surface area contributed by atoms with Crippen molar-refractivity contribution < 1.29 is 29.3 Å². The Morgan fingerprint density at radius 1 is 0.963 bits per heavy atom. The Morgan fingerprint density at radius 3 is 2.30 bits per heavy atom. The van der Waals surface area contributed by atoms with Gasteiger partial charge in [0.15, 0.2) is 12.4 Å². The number of Topliss-reactive ketones (excluding diaryl/α,β-unsaturated/α-hetero) is 1. The Labute approximate surface area is 155 Å². The zero-order valence-electron chi connectivity index (χ0n) is 14.6. The summed E-state index contributed by atoms with van der Waals surface area (Å²) in [6.45, 7) is 1.89. The van der Waals surface area contributed by atoms with Gasteiger partial charge < -0.3 is 19.7 Å². The number of ether oxygens (including phenoxy) is 2. The topological polar surface area (TPSA) is 93.1 Å². The highest BCUT2D eigenvalue weighted by Gasteiger charge is 2.19. The number of carbonyl (C=O) groups excluding carboxylic acids is 2.